The topological polar surface area (TPSA) is 124 Å². The molecular formula is C27H34N4O6S2. The third-order valence-corrected chi connectivity index (χ3v) is 9.97. The van der Waals surface area contributed by atoms with Gasteiger partial charge in [0.25, 0.3) is 11.8 Å². The highest BCUT2D eigenvalue weighted by Crippen LogP contribution is 2.33. The average molecular weight is 575 g/mol. The van der Waals surface area contributed by atoms with Gasteiger partial charge in [-0.1, -0.05) is 13.8 Å². The van der Waals surface area contributed by atoms with Crippen LogP contribution in [0, 0.1) is 5.92 Å². The maximum Gasteiger partial charge on any atom is 0.264 e. The monoisotopic (exact) mass is 574 g/mol. The summed E-state index contributed by atoms with van der Waals surface area (Å²) in [7, 11) is 0.358. The maximum absolute atomic E-state index is 13.7. The lowest BCUT2D eigenvalue weighted by Gasteiger charge is -2.29. The van der Waals surface area contributed by atoms with Crippen LogP contribution in [0.15, 0.2) is 40.6 Å². The zero-order valence-electron chi connectivity index (χ0n) is 22.7. The largest absolute Gasteiger partial charge is 0.378 e. The number of carbonyl (C=O) groups is 4. The van der Waals surface area contributed by atoms with Crippen LogP contribution in [-0.4, -0.2) is 93.3 Å². The molecule has 1 aromatic carbocycles. The van der Waals surface area contributed by atoms with Crippen LogP contribution in [0.2, 0.25) is 0 Å². The molecule has 2 fully saturated rings. The third-order valence-electron chi connectivity index (χ3n) is 7.08. The fraction of sp³-hybridized carbons (Fsp3) is 0.481. The summed E-state index contributed by atoms with van der Waals surface area (Å²) in [5.74, 6) is -1.27. The minimum atomic E-state index is -3.45. The highest BCUT2D eigenvalue weighted by atomic mass is 32.2. The summed E-state index contributed by atoms with van der Waals surface area (Å²) >= 11 is 0.875. The molecule has 3 atom stereocenters. The second-order valence-electron chi connectivity index (χ2n) is 10.7. The number of likely N-dealkylation sites (tertiary alicyclic amines) is 2. The molecule has 2 saturated heterocycles. The van der Waals surface area contributed by atoms with E-state index in [1.807, 2.05) is 45.0 Å². The van der Waals surface area contributed by atoms with Crippen molar-refractivity contribution < 1.29 is 27.6 Å². The Kier molecular flexibility index (Phi) is 8.17. The van der Waals surface area contributed by atoms with E-state index in [4.69, 9.17) is 0 Å². The Morgan fingerprint density at radius 1 is 1.08 bits per heavy atom. The number of hydrogen-bond acceptors (Lipinski definition) is 8. The molecule has 39 heavy (non-hydrogen) atoms. The predicted molar refractivity (Wildman–Crippen MR) is 149 cm³/mol. The summed E-state index contributed by atoms with van der Waals surface area (Å²) in [5, 5.41) is 2.87. The molecular weight excluding hydrogens is 540 g/mol. The molecule has 2 aliphatic heterocycles. The minimum Gasteiger partial charge on any atom is -0.378 e. The van der Waals surface area contributed by atoms with Crippen molar-refractivity contribution in [3.05, 3.63) is 46.8 Å². The molecule has 1 N–H and O–H groups in total. The van der Waals surface area contributed by atoms with Gasteiger partial charge in [-0.15, -0.1) is 11.3 Å². The van der Waals surface area contributed by atoms with Gasteiger partial charge in [0.05, 0.1) is 17.5 Å². The second-order valence-corrected chi connectivity index (χ2v) is 14.0. The zero-order chi connectivity index (χ0) is 28.6. The Bertz CT molecular complexity index is 1380. The second kappa shape index (κ2) is 11.1. The standard InChI is InChI=1S/C27H34N4O6S2/c1-16(2)14-19(28-25(33)17-6-8-18(9-7-17)29(3)4)26(34)30-13-12-20-24(30)21(32)15-31(20)27(35)22-10-11-23(38-22)39(5,36)37/h6-11,16,19-20,24H,12-15H2,1-5H3,(H,28,33)/t19-,20+,24-/m0/s1. The summed E-state index contributed by atoms with van der Waals surface area (Å²) in [4.78, 5) is 58.2. The first-order valence-corrected chi connectivity index (χ1v) is 15.5. The molecule has 4 rings (SSSR count). The molecule has 12 heteroatoms. The van der Waals surface area contributed by atoms with Gasteiger partial charge in [-0.05, 0) is 55.2 Å². The van der Waals surface area contributed by atoms with Gasteiger partial charge in [-0.25, -0.2) is 8.42 Å². The van der Waals surface area contributed by atoms with Crippen LogP contribution < -0.4 is 10.2 Å². The van der Waals surface area contributed by atoms with Gasteiger partial charge in [-0.3, -0.25) is 19.2 Å². The first-order valence-electron chi connectivity index (χ1n) is 12.8. The molecule has 3 heterocycles. The summed E-state index contributed by atoms with van der Waals surface area (Å²) < 4.78 is 23.8. The number of nitrogens with zero attached hydrogens (tertiary/aromatic N) is 3. The van der Waals surface area contributed by atoms with Crippen LogP contribution in [0.25, 0.3) is 0 Å². The van der Waals surface area contributed by atoms with Crippen LogP contribution >= 0.6 is 11.3 Å². The van der Waals surface area contributed by atoms with E-state index in [2.05, 4.69) is 5.32 Å². The van der Waals surface area contributed by atoms with Gasteiger partial charge >= 0.3 is 0 Å². The molecule has 0 radical (unpaired) electrons. The van der Waals surface area contributed by atoms with Crippen molar-refractivity contribution in [1.82, 2.24) is 15.1 Å². The van der Waals surface area contributed by atoms with Crippen molar-refractivity contribution in [3.8, 4) is 0 Å². The van der Waals surface area contributed by atoms with Gasteiger partial charge in [-0.2, -0.15) is 0 Å². The summed E-state index contributed by atoms with van der Waals surface area (Å²) in [6, 6.07) is 7.81. The minimum absolute atomic E-state index is 0.0831. The normalized spacial score (nSPS) is 19.8. The molecule has 1 aromatic heterocycles. The first-order chi connectivity index (χ1) is 18.3. The fourth-order valence-electron chi connectivity index (χ4n) is 5.16. The molecule has 0 bridgehead atoms. The molecule has 0 saturated carbocycles. The molecule has 210 valence electrons. The SMILES string of the molecule is CC(C)C[C@H](NC(=O)c1ccc(N(C)C)cc1)C(=O)N1CC[C@@H]2[C@H]1C(=O)CN2C(=O)c1ccc(S(C)(=O)=O)s1. The van der Waals surface area contributed by atoms with E-state index in [1.165, 1.54) is 21.9 Å². The Morgan fingerprint density at radius 2 is 1.74 bits per heavy atom. The van der Waals surface area contributed by atoms with Gasteiger partial charge in [0.2, 0.25) is 5.91 Å². The quantitative estimate of drug-likeness (QED) is 0.512. The molecule has 10 nitrogen and oxygen atoms in total. The third kappa shape index (κ3) is 6.01. The summed E-state index contributed by atoms with van der Waals surface area (Å²) in [6.07, 6.45) is 1.90. The predicted octanol–water partition coefficient (Wildman–Crippen LogP) is 2.06. The summed E-state index contributed by atoms with van der Waals surface area (Å²) in [5.41, 5.74) is 1.37. The Morgan fingerprint density at radius 3 is 2.31 bits per heavy atom. The van der Waals surface area contributed by atoms with Crippen LogP contribution in [0.4, 0.5) is 5.69 Å². The Balaban J connectivity index is 1.50. The number of Topliss-reactive ketones (excluding diaryl/α,β-unsaturated/α-hetero) is 1. The van der Waals surface area contributed by atoms with Gasteiger partial charge in [0.1, 0.15) is 16.3 Å². The van der Waals surface area contributed by atoms with Crippen molar-refractivity contribution in [3.63, 3.8) is 0 Å². The van der Waals surface area contributed by atoms with E-state index in [1.54, 1.807) is 12.1 Å². The molecule has 2 aliphatic rings. The van der Waals surface area contributed by atoms with Crippen molar-refractivity contribution in [2.24, 2.45) is 5.92 Å². The van der Waals surface area contributed by atoms with E-state index in [0.29, 0.717) is 18.4 Å². The van der Waals surface area contributed by atoms with E-state index >= 15 is 0 Å². The smallest absolute Gasteiger partial charge is 0.264 e. The molecule has 3 amide bonds. The van der Waals surface area contributed by atoms with Crippen LogP contribution in [0.5, 0.6) is 0 Å². The van der Waals surface area contributed by atoms with Crippen molar-refractivity contribution in [1.29, 1.82) is 0 Å². The lowest BCUT2D eigenvalue weighted by Crippen LogP contribution is -2.53. The number of sulfone groups is 1. The molecule has 2 aromatic rings. The Labute approximate surface area is 232 Å². The van der Waals surface area contributed by atoms with E-state index in [0.717, 1.165) is 23.3 Å². The highest BCUT2D eigenvalue weighted by Gasteiger charge is 2.52. The first kappa shape index (κ1) is 28.8. The Hall–Kier alpha value is -3.25. The number of ketones is 1. The summed E-state index contributed by atoms with van der Waals surface area (Å²) in [6.45, 7) is 4.05. The average Bonchev–Trinajstić information content (AvgIpc) is 3.59. The zero-order valence-corrected chi connectivity index (χ0v) is 24.3. The van der Waals surface area contributed by atoms with E-state index in [-0.39, 0.29) is 45.7 Å². The molecule has 0 aliphatic carbocycles. The molecule has 0 spiro atoms. The number of nitrogens with one attached hydrogen (secondary N) is 1. The number of carbonyl (C=O) groups excluding carboxylic acids is 4. The van der Waals surface area contributed by atoms with Crippen molar-refractivity contribution in [2.75, 3.05) is 38.3 Å². The van der Waals surface area contributed by atoms with Crippen LogP contribution in [-0.2, 0) is 19.4 Å². The number of fused-ring (bicyclic) bond motifs is 1. The van der Waals surface area contributed by atoms with Crippen LogP contribution in [0.1, 0.15) is 46.7 Å². The number of hydrogen-bond donors (Lipinski definition) is 1. The number of amides is 3. The lowest BCUT2D eigenvalue weighted by molar-refractivity contribution is -0.138. The number of rotatable bonds is 8. The number of anilines is 1. The highest BCUT2D eigenvalue weighted by molar-refractivity contribution is 7.92. The van der Waals surface area contributed by atoms with Gasteiger partial charge in [0.15, 0.2) is 15.6 Å². The van der Waals surface area contributed by atoms with Crippen molar-refractivity contribution >= 4 is 50.4 Å². The molecule has 0 unspecified atom stereocenters. The fourth-order valence-corrected chi connectivity index (χ4v) is 7.04. The number of benzene rings is 1. The van der Waals surface area contributed by atoms with Crippen LogP contribution in [0.3, 0.4) is 0 Å². The van der Waals surface area contributed by atoms with Gasteiger partial charge < -0.3 is 20.0 Å². The van der Waals surface area contributed by atoms with Gasteiger partial charge in [0, 0.05) is 38.1 Å². The maximum atomic E-state index is 13.7. The number of thiophene rings is 1. The van der Waals surface area contributed by atoms with E-state index < -0.39 is 33.9 Å². The lowest BCUT2D eigenvalue weighted by atomic mass is 10.0. The van der Waals surface area contributed by atoms with E-state index in [9.17, 15) is 27.6 Å². The van der Waals surface area contributed by atoms with Crippen molar-refractivity contribution in [2.45, 2.75) is 49.0 Å².